The normalized spacial score (nSPS) is 14.6. The van der Waals surface area contributed by atoms with Crippen LogP contribution in [0.4, 0.5) is 11.5 Å². The van der Waals surface area contributed by atoms with Gasteiger partial charge in [-0.1, -0.05) is 5.16 Å². The van der Waals surface area contributed by atoms with Crippen LogP contribution in [-0.4, -0.2) is 57.9 Å². The van der Waals surface area contributed by atoms with E-state index in [4.69, 9.17) is 4.52 Å². The molecule has 1 N–H and O–H groups in total. The Morgan fingerprint density at radius 3 is 2.42 bits per heavy atom. The largest absolute Gasteiger partial charge is 0.360 e. The first-order chi connectivity index (χ1) is 11.5. The van der Waals surface area contributed by atoms with E-state index >= 15 is 0 Å². The molecule has 0 unspecified atom stereocenters. The van der Waals surface area contributed by atoms with Crippen LogP contribution in [0.25, 0.3) is 0 Å². The zero-order valence-corrected chi connectivity index (χ0v) is 13.7. The third-order valence-electron chi connectivity index (χ3n) is 3.90. The van der Waals surface area contributed by atoms with Crippen molar-refractivity contribution in [2.45, 2.75) is 13.8 Å². The highest BCUT2D eigenvalue weighted by Gasteiger charge is 2.23. The van der Waals surface area contributed by atoms with Crippen LogP contribution in [0.1, 0.15) is 23.2 Å². The molecule has 0 saturated carbocycles. The first-order valence-electron chi connectivity index (χ1n) is 7.74. The molecule has 0 atom stereocenters. The molecular formula is C16H19N5O3. The maximum Gasteiger partial charge on any atom is 0.272 e. The van der Waals surface area contributed by atoms with Gasteiger partial charge in [0.15, 0.2) is 5.82 Å². The SMILES string of the molecule is CC(=O)N1CCN(C(=O)c2ccc(Nc3cc(C)on3)cn2)CC1. The molecule has 2 amide bonds. The fraction of sp³-hybridized carbons (Fsp3) is 0.375. The van der Waals surface area contributed by atoms with E-state index < -0.39 is 0 Å². The van der Waals surface area contributed by atoms with Crippen molar-refractivity contribution in [3.8, 4) is 0 Å². The highest BCUT2D eigenvalue weighted by molar-refractivity contribution is 5.92. The average Bonchev–Trinajstić information content (AvgIpc) is 3.00. The van der Waals surface area contributed by atoms with Crippen molar-refractivity contribution in [1.29, 1.82) is 0 Å². The number of piperazine rings is 1. The van der Waals surface area contributed by atoms with Crippen molar-refractivity contribution in [2.75, 3.05) is 31.5 Å². The molecule has 3 rings (SSSR count). The second kappa shape index (κ2) is 6.69. The first kappa shape index (κ1) is 16.0. The molecule has 0 spiro atoms. The van der Waals surface area contributed by atoms with Crippen LogP contribution in [-0.2, 0) is 4.79 Å². The van der Waals surface area contributed by atoms with Gasteiger partial charge in [-0.25, -0.2) is 4.98 Å². The topological polar surface area (TPSA) is 91.6 Å². The number of nitrogens with zero attached hydrogens (tertiary/aromatic N) is 4. The van der Waals surface area contributed by atoms with E-state index in [1.54, 1.807) is 41.1 Å². The fourth-order valence-electron chi connectivity index (χ4n) is 2.55. The van der Waals surface area contributed by atoms with Gasteiger partial charge in [-0.2, -0.15) is 0 Å². The molecule has 8 nitrogen and oxygen atoms in total. The van der Waals surface area contributed by atoms with Crippen molar-refractivity contribution in [3.05, 3.63) is 35.9 Å². The molecule has 8 heteroatoms. The zero-order valence-electron chi connectivity index (χ0n) is 13.7. The molecule has 0 bridgehead atoms. The molecule has 1 fully saturated rings. The molecule has 0 aromatic carbocycles. The Bertz CT molecular complexity index is 732. The van der Waals surface area contributed by atoms with Gasteiger partial charge in [0, 0.05) is 39.2 Å². The predicted molar refractivity (Wildman–Crippen MR) is 86.9 cm³/mol. The van der Waals surface area contributed by atoms with E-state index in [9.17, 15) is 9.59 Å². The molecule has 0 radical (unpaired) electrons. The number of hydrogen-bond acceptors (Lipinski definition) is 6. The van der Waals surface area contributed by atoms with Crippen molar-refractivity contribution >= 4 is 23.3 Å². The van der Waals surface area contributed by atoms with Crippen molar-refractivity contribution in [1.82, 2.24) is 19.9 Å². The molecule has 1 aliphatic heterocycles. The quantitative estimate of drug-likeness (QED) is 0.916. The van der Waals surface area contributed by atoms with Gasteiger partial charge in [0.05, 0.1) is 11.9 Å². The number of nitrogens with one attached hydrogen (secondary N) is 1. The minimum absolute atomic E-state index is 0.0405. The summed E-state index contributed by atoms with van der Waals surface area (Å²) in [6.45, 7) is 5.53. The number of pyridine rings is 1. The van der Waals surface area contributed by atoms with E-state index in [-0.39, 0.29) is 11.8 Å². The summed E-state index contributed by atoms with van der Waals surface area (Å²) < 4.78 is 4.98. The van der Waals surface area contributed by atoms with Gasteiger partial charge < -0.3 is 19.6 Å². The lowest BCUT2D eigenvalue weighted by atomic mass is 10.2. The van der Waals surface area contributed by atoms with E-state index in [0.29, 0.717) is 43.5 Å². The number of anilines is 2. The van der Waals surface area contributed by atoms with Gasteiger partial charge in [0.1, 0.15) is 11.5 Å². The summed E-state index contributed by atoms with van der Waals surface area (Å²) in [7, 11) is 0. The fourth-order valence-corrected chi connectivity index (χ4v) is 2.55. The summed E-state index contributed by atoms with van der Waals surface area (Å²) in [6.07, 6.45) is 1.59. The zero-order chi connectivity index (χ0) is 17.1. The molecule has 2 aromatic heterocycles. The number of rotatable bonds is 3. The molecular weight excluding hydrogens is 310 g/mol. The number of aromatic nitrogens is 2. The third kappa shape index (κ3) is 3.53. The van der Waals surface area contributed by atoms with E-state index in [1.165, 1.54) is 0 Å². The van der Waals surface area contributed by atoms with Crippen molar-refractivity contribution < 1.29 is 14.1 Å². The number of carbonyl (C=O) groups is 2. The molecule has 3 heterocycles. The average molecular weight is 329 g/mol. The van der Waals surface area contributed by atoms with Crippen molar-refractivity contribution in [3.63, 3.8) is 0 Å². The van der Waals surface area contributed by atoms with Gasteiger partial charge in [0.25, 0.3) is 5.91 Å². The highest BCUT2D eigenvalue weighted by Crippen LogP contribution is 2.16. The summed E-state index contributed by atoms with van der Waals surface area (Å²) >= 11 is 0. The van der Waals surface area contributed by atoms with Gasteiger partial charge in [-0.15, -0.1) is 0 Å². The van der Waals surface area contributed by atoms with E-state index in [1.807, 2.05) is 6.92 Å². The molecule has 1 aliphatic rings. The number of aryl methyl sites for hydroxylation is 1. The number of hydrogen-bond donors (Lipinski definition) is 1. The summed E-state index contributed by atoms with van der Waals surface area (Å²) in [5.41, 5.74) is 1.11. The Hall–Kier alpha value is -2.90. The van der Waals surface area contributed by atoms with E-state index in [0.717, 1.165) is 5.69 Å². The second-order valence-electron chi connectivity index (χ2n) is 5.68. The van der Waals surface area contributed by atoms with Gasteiger partial charge in [0.2, 0.25) is 5.91 Å². The lowest BCUT2D eigenvalue weighted by molar-refractivity contribution is -0.130. The van der Waals surface area contributed by atoms with Gasteiger partial charge in [-0.05, 0) is 19.1 Å². The summed E-state index contributed by atoms with van der Waals surface area (Å²) in [4.78, 5) is 31.5. The summed E-state index contributed by atoms with van der Waals surface area (Å²) in [5.74, 6) is 1.22. The Morgan fingerprint density at radius 1 is 1.17 bits per heavy atom. The van der Waals surface area contributed by atoms with Gasteiger partial charge >= 0.3 is 0 Å². The van der Waals surface area contributed by atoms with Crippen LogP contribution in [0.3, 0.4) is 0 Å². The Balaban J connectivity index is 1.61. The standard InChI is InChI=1S/C16H19N5O3/c1-11-9-15(19-24-11)18-13-3-4-14(17-10-13)16(23)21-7-5-20(6-8-21)12(2)22/h3-4,9-10H,5-8H2,1-2H3,(H,18,19). The second-order valence-corrected chi connectivity index (χ2v) is 5.68. The van der Waals surface area contributed by atoms with Crippen LogP contribution < -0.4 is 5.32 Å². The van der Waals surface area contributed by atoms with Crippen LogP contribution in [0.15, 0.2) is 28.9 Å². The van der Waals surface area contributed by atoms with Crippen LogP contribution in [0.2, 0.25) is 0 Å². The molecule has 2 aromatic rings. The Morgan fingerprint density at radius 2 is 1.88 bits per heavy atom. The summed E-state index contributed by atoms with van der Waals surface area (Å²) in [6, 6.07) is 5.22. The maximum absolute atomic E-state index is 12.5. The van der Waals surface area contributed by atoms with Crippen LogP contribution >= 0.6 is 0 Å². The Labute approximate surface area is 139 Å². The molecule has 126 valence electrons. The van der Waals surface area contributed by atoms with Crippen LogP contribution in [0, 0.1) is 6.92 Å². The molecule has 24 heavy (non-hydrogen) atoms. The minimum Gasteiger partial charge on any atom is -0.360 e. The number of carbonyl (C=O) groups excluding carboxylic acids is 2. The Kier molecular flexibility index (Phi) is 4.45. The molecule has 0 aliphatic carbocycles. The lowest BCUT2D eigenvalue weighted by Gasteiger charge is -2.34. The molecule has 1 saturated heterocycles. The first-order valence-corrected chi connectivity index (χ1v) is 7.74. The highest BCUT2D eigenvalue weighted by atomic mass is 16.5. The smallest absolute Gasteiger partial charge is 0.272 e. The van der Waals surface area contributed by atoms with Crippen LogP contribution in [0.5, 0.6) is 0 Å². The third-order valence-corrected chi connectivity index (χ3v) is 3.90. The maximum atomic E-state index is 12.5. The predicted octanol–water partition coefficient (Wildman–Crippen LogP) is 1.43. The lowest BCUT2D eigenvalue weighted by Crippen LogP contribution is -2.50. The summed E-state index contributed by atoms with van der Waals surface area (Å²) in [5, 5.41) is 6.89. The monoisotopic (exact) mass is 329 g/mol. The van der Waals surface area contributed by atoms with Gasteiger partial charge in [-0.3, -0.25) is 9.59 Å². The van der Waals surface area contributed by atoms with Crippen molar-refractivity contribution in [2.24, 2.45) is 0 Å². The minimum atomic E-state index is -0.123. The number of amides is 2. The van der Waals surface area contributed by atoms with E-state index in [2.05, 4.69) is 15.5 Å².